The first-order valence-electron chi connectivity index (χ1n) is 7.71. The Morgan fingerprint density at radius 2 is 2.00 bits per heavy atom. The minimum absolute atomic E-state index is 0.252. The molecule has 2 N–H and O–H groups in total. The summed E-state index contributed by atoms with van der Waals surface area (Å²) in [5.41, 5.74) is 0.544. The Bertz CT molecular complexity index is 556. The van der Waals surface area contributed by atoms with Gasteiger partial charge >= 0.3 is 12.0 Å². The number of likely N-dealkylation sites (tertiary alicyclic amines) is 1. The standard InChI is InChI=1S/C15H20N4O3/c20-14(21)11-2-1-5-19(9-11)15(22)18-12-7-16-13(17-8-12)6-10-3-4-10/h7-8,10-11H,1-6,9H2,(H,18,22)(H,20,21). The fraction of sp³-hybridized carbons (Fsp3) is 0.600. The second-order valence-corrected chi connectivity index (χ2v) is 6.09. The second-order valence-electron chi connectivity index (χ2n) is 6.09. The van der Waals surface area contributed by atoms with Crippen LogP contribution >= 0.6 is 0 Å². The predicted octanol–water partition coefficient (Wildman–Crippen LogP) is 1.76. The van der Waals surface area contributed by atoms with Gasteiger partial charge in [-0.05, 0) is 31.6 Å². The van der Waals surface area contributed by atoms with Crippen molar-refractivity contribution in [3.8, 4) is 0 Å². The number of carboxylic acid groups (broad SMARTS) is 1. The highest BCUT2D eigenvalue weighted by molar-refractivity contribution is 5.89. The molecule has 1 aliphatic heterocycles. The minimum atomic E-state index is -0.842. The number of aliphatic carboxylic acids is 1. The van der Waals surface area contributed by atoms with Gasteiger partial charge in [-0.25, -0.2) is 14.8 Å². The summed E-state index contributed by atoms with van der Waals surface area (Å²) >= 11 is 0. The van der Waals surface area contributed by atoms with Gasteiger partial charge in [-0.15, -0.1) is 0 Å². The molecule has 1 saturated carbocycles. The van der Waals surface area contributed by atoms with Crippen LogP contribution in [0.1, 0.15) is 31.5 Å². The Kier molecular flexibility index (Phi) is 4.22. The first-order chi connectivity index (χ1) is 10.6. The molecule has 7 nitrogen and oxygen atoms in total. The van der Waals surface area contributed by atoms with E-state index in [1.807, 2.05) is 0 Å². The zero-order valence-electron chi connectivity index (χ0n) is 12.4. The molecule has 2 fully saturated rings. The molecule has 2 aliphatic rings. The van der Waals surface area contributed by atoms with Crippen LogP contribution in [0.2, 0.25) is 0 Å². The molecule has 0 radical (unpaired) electrons. The first kappa shape index (κ1) is 14.7. The Labute approximate surface area is 128 Å². The van der Waals surface area contributed by atoms with Gasteiger partial charge in [-0.3, -0.25) is 4.79 Å². The molecule has 1 aromatic heterocycles. The summed E-state index contributed by atoms with van der Waals surface area (Å²) in [5, 5.41) is 11.8. The number of anilines is 1. The van der Waals surface area contributed by atoms with Crippen molar-refractivity contribution in [1.29, 1.82) is 0 Å². The van der Waals surface area contributed by atoms with Gasteiger partial charge in [-0.1, -0.05) is 0 Å². The minimum Gasteiger partial charge on any atom is -0.481 e. The van der Waals surface area contributed by atoms with Crippen molar-refractivity contribution >= 4 is 17.7 Å². The van der Waals surface area contributed by atoms with Crippen LogP contribution in [0.3, 0.4) is 0 Å². The number of rotatable bonds is 4. The average molecular weight is 304 g/mol. The van der Waals surface area contributed by atoms with E-state index in [-0.39, 0.29) is 12.6 Å². The number of amides is 2. The van der Waals surface area contributed by atoms with Crippen LogP contribution in [0.25, 0.3) is 0 Å². The molecule has 22 heavy (non-hydrogen) atoms. The Hall–Kier alpha value is -2.18. The molecule has 1 aliphatic carbocycles. The van der Waals surface area contributed by atoms with Crippen molar-refractivity contribution in [2.45, 2.75) is 32.1 Å². The van der Waals surface area contributed by atoms with Crippen molar-refractivity contribution in [2.24, 2.45) is 11.8 Å². The molecule has 2 amide bonds. The van der Waals surface area contributed by atoms with Gasteiger partial charge in [-0.2, -0.15) is 0 Å². The lowest BCUT2D eigenvalue weighted by Gasteiger charge is -2.30. The number of carbonyl (C=O) groups is 2. The Morgan fingerprint density at radius 3 is 2.64 bits per heavy atom. The van der Waals surface area contributed by atoms with Gasteiger partial charge in [0, 0.05) is 19.5 Å². The van der Waals surface area contributed by atoms with E-state index < -0.39 is 11.9 Å². The van der Waals surface area contributed by atoms with Crippen LogP contribution < -0.4 is 5.32 Å². The van der Waals surface area contributed by atoms with Gasteiger partial charge < -0.3 is 15.3 Å². The molecule has 0 spiro atoms. The summed E-state index contributed by atoms with van der Waals surface area (Å²) in [6, 6.07) is -0.288. The highest BCUT2D eigenvalue weighted by Crippen LogP contribution is 2.31. The SMILES string of the molecule is O=C(O)C1CCCN(C(=O)Nc2cnc(CC3CC3)nc2)C1. The van der Waals surface area contributed by atoms with Gasteiger partial charge in [0.05, 0.1) is 24.0 Å². The van der Waals surface area contributed by atoms with E-state index in [1.165, 1.54) is 12.8 Å². The van der Waals surface area contributed by atoms with Crippen LogP contribution in [-0.2, 0) is 11.2 Å². The maximum atomic E-state index is 12.2. The molecule has 118 valence electrons. The van der Waals surface area contributed by atoms with Crippen LogP contribution in [0.5, 0.6) is 0 Å². The maximum Gasteiger partial charge on any atom is 0.321 e. The molecular weight excluding hydrogens is 284 g/mol. The van der Waals surface area contributed by atoms with E-state index in [4.69, 9.17) is 5.11 Å². The first-order valence-corrected chi connectivity index (χ1v) is 7.71. The largest absolute Gasteiger partial charge is 0.481 e. The summed E-state index contributed by atoms with van der Waals surface area (Å²) in [6.45, 7) is 0.831. The van der Waals surface area contributed by atoms with E-state index >= 15 is 0 Å². The van der Waals surface area contributed by atoms with Crippen LogP contribution in [-0.4, -0.2) is 45.1 Å². The zero-order valence-corrected chi connectivity index (χ0v) is 12.4. The smallest absolute Gasteiger partial charge is 0.321 e. The van der Waals surface area contributed by atoms with Crippen LogP contribution in [0.4, 0.5) is 10.5 Å². The summed E-state index contributed by atoms with van der Waals surface area (Å²) in [7, 11) is 0. The molecule has 1 unspecified atom stereocenters. The molecule has 0 aromatic carbocycles. The number of nitrogens with zero attached hydrogens (tertiary/aromatic N) is 3. The normalized spacial score (nSPS) is 21.5. The lowest BCUT2D eigenvalue weighted by atomic mass is 9.99. The van der Waals surface area contributed by atoms with Crippen molar-refractivity contribution in [3.05, 3.63) is 18.2 Å². The Morgan fingerprint density at radius 1 is 1.27 bits per heavy atom. The van der Waals surface area contributed by atoms with Crippen LogP contribution in [0.15, 0.2) is 12.4 Å². The number of urea groups is 1. The van der Waals surface area contributed by atoms with Crippen molar-refractivity contribution < 1.29 is 14.7 Å². The third kappa shape index (κ3) is 3.72. The zero-order chi connectivity index (χ0) is 15.5. The number of carbonyl (C=O) groups excluding carboxylic acids is 1. The number of hydrogen-bond donors (Lipinski definition) is 2. The molecule has 1 saturated heterocycles. The van der Waals surface area contributed by atoms with E-state index in [0.717, 1.165) is 18.2 Å². The van der Waals surface area contributed by atoms with Crippen molar-refractivity contribution in [2.75, 3.05) is 18.4 Å². The molecular formula is C15H20N4O3. The number of carboxylic acids is 1. The van der Waals surface area contributed by atoms with E-state index in [2.05, 4.69) is 15.3 Å². The van der Waals surface area contributed by atoms with E-state index in [0.29, 0.717) is 25.1 Å². The number of hydrogen-bond acceptors (Lipinski definition) is 4. The van der Waals surface area contributed by atoms with Crippen molar-refractivity contribution in [3.63, 3.8) is 0 Å². The monoisotopic (exact) mass is 304 g/mol. The molecule has 2 heterocycles. The lowest BCUT2D eigenvalue weighted by Crippen LogP contribution is -2.44. The predicted molar refractivity (Wildman–Crippen MR) is 79.4 cm³/mol. The summed E-state index contributed by atoms with van der Waals surface area (Å²) in [5.74, 6) is 0.216. The maximum absolute atomic E-state index is 12.2. The van der Waals surface area contributed by atoms with E-state index in [1.54, 1.807) is 17.3 Å². The lowest BCUT2D eigenvalue weighted by molar-refractivity contribution is -0.143. The Balaban J connectivity index is 1.55. The third-order valence-electron chi connectivity index (χ3n) is 4.18. The average Bonchev–Trinajstić information content (AvgIpc) is 3.33. The number of aromatic nitrogens is 2. The molecule has 1 aromatic rings. The van der Waals surface area contributed by atoms with Gasteiger partial charge in [0.25, 0.3) is 0 Å². The molecule has 1 atom stereocenters. The van der Waals surface area contributed by atoms with Crippen molar-refractivity contribution in [1.82, 2.24) is 14.9 Å². The number of piperidine rings is 1. The molecule has 7 heteroatoms. The number of nitrogens with one attached hydrogen (secondary N) is 1. The highest BCUT2D eigenvalue weighted by atomic mass is 16.4. The fourth-order valence-corrected chi connectivity index (χ4v) is 2.67. The van der Waals surface area contributed by atoms with Gasteiger partial charge in [0.15, 0.2) is 0 Å². The fourth-order valence-electron chi connectivity index (χ4n) is 2.67. The molecule has 0 bridgehead atoms. The summed E-state index contributed by atoms with van der Waals surface area (Å²) < 4.78 is 0. The van der Waals surface area contributed by atoms with E-state index in [9.17, 15) is 9.59 Å². The third-order valence-corrected chi connectivity index (χ3v) is 4.18. The quantitative estimate of drug-likeness (QED) is 0.883. The summed E-state index contributed by atoms with van der Waals surface area (Å²) in [4.78, 5) is 33.3. The topological polar surface area (TPSA) is 95.4 Å². The van der Waals surface area contributed by atoms with Gasteiger partial charge in [0.2, 0.25) is 0 Å². The second kappa shape index (κ2) is 6.29. The van der Waals surface area contributed by atoms with Gasteiger partial charge in [0.1, 0.15) is 5.82 Å². The summed E-state index contributed by atoms with van der Waals surface area (Å²) in [6.07, 6.45) is 7.96. The van der Waals surface area contributed by atoms with Crippen LogP contribution in [0, 0.1) is 11.8 Å². The molecule has 3 rings (SSSR count). The highest BCUT2D eigenvalue weighted by Gasteiger charge is 2.28.